The summed E-state index contributed by atoms with van der Waals surface area (Å²) >= 11 is 0. The normalized spacial score (nSPS) is 18.6. The van der Waals surface area contributed by atoms with Gasteiger partial charge in [0.25, 0.3) is 0 Å². The van der Waals surface area contributed by atoms with Crippen molar-refractivity contribution in [3.63, 3.8) is 0 Å². The van der Waals surface area contributed by atoms with Crippen molar-refractivity contribution in [2.45, 2.75) is 52.2 Å². The molecule has 221 valence electrons. The second-order valence-corrected chi connectivity index (χ2v) is 18.0. The van der Waals surface area contributed by atoms with Gasteiger partial charge in [-0.1, -0.05) is 61.6 Å². The van der Waals surface area contributed by atoms with E-state index in [9.17, 15) is 0 Å². The van der Waals surface area contributed by atoms with Crippen molar-refractivity contribution < 1.29 is 20.1 Å². The largest absolute Gasteiger partial charge is 0.305 e. The zero-order valence-electron chi connectivity index (χ0n) is 25.5. The smallest absolute Gasteiger partial charge is 0.0798 e. The molecule has 5 heteroatoms. The number of hydrogen-bond donors (Lipinski definition) is 0. The third kappa shape index (κ3) is 7.29. The van der Waals surface area contributed by atoms with Crippen molar-refractivity contribution in [2.75, 3.05) is 0 Å². The first-order valence-corrected chi connectivity index (χ1v) is 18.7. The fraction of sp³-hybridized carbons (Fsp3) is 0.289. The van der Waals surface area contributed by atoms with Gasteiger partial charge in [-0.25, -0.2) is 0 Å². The molecule has 3 fully saturated rings. The van der Waals surface area contributed by atoms with Crippen LogP contribution in [0.25, 0.3) is 33.9 Å². The molecule has 3 nitrogen and oxygen atoms in total. The number of nitrogens with zero attached hydrogens (tertiary/aromatic N) is 3. The molecule has 0 aliphatic heterocycles. The van der Waals surface area contributed by atoms with Crippen molar-refractivity contribution in [3.05, 3.63) is 121 Å². The van der Waals surface area contributed by atoms with E-state index in [-0.39, 0.29) is 20.1 Å². The van der Waals surface area contributed by atoms with Gasteiger partial charge in [0.15, 0.2) is 0 Å². The number of benzene rings is 3. The average molecular weight is 758 g/mol. The zero-order chi connectivity index (χ0) is 29.1. The first kappa shape index (κ1) is 31.2. The Morgan fingerprint density at radius 2 is 1.47 bits per heavy atom. The van der Waals surface area contributed by atoms with Gasteiger partial charge in [-0.2, -0.15) is 0 Å². The van der Waals surface area contributed by atoms with Crippen LogP contribution in [0.2, 0.25) is 19.6 Å². The maximum atomic E-state index is 4.78. The zero-order valence-corrected chi connectivity index (χ0v) is 28.9. The van der Waals surface area contributed by atoms with Crippen LogP contribution in [-0.4, -0.2) is 23.0 Å². The molecule has 1 unspecified atom stereocenters. The van der Waals surface area contributed by atoms with Crippen LogP contribution >= 0.6 is 0 Å². The Hall–Kier alpha value is -3.24. The molecular weight excluding hydrogens is 719 g/mol. The van der Waals surface area contributed by atoms with E-state index in [0.717, 1.165) is 51.4 Å². The van der Waals surface area contributed by atoms with E-state index in [1.807, 2.05) is 67.7 Å². The van der Waals surface area contributed by atoms with E-state index in [1.54, 1.807) is 10.8 Å². The van der Waals surface area contributed by atoms with Gasteiger partial charge in [-0.05, 0) is 72.4 Å². The molecule has 5 aromatic rings. The second kappa shape index (κ2) is 13.6. The van der Waals surface area contributed by atoms with Crippen LogP contribution < -0.4 is 5.19 Å². The van der Waals surface area contributed by atoms with Crippen LogP contribution in [0.15, 0.2) is 97.3 Å². The first-order chi connectivity index (χ1) is 20.3. The molecule has 2 heterocycles. The topological polar surface area (TPSA) is 38.7 Å². The van der Waals surface area contributed by atoms with Crippen LogP contribution in [0.5, 0.6) is 0 Å². The Morgan fingerprint density at radius 1 is 0.791 bits per heavy atom. The molecule has 2 bridgehead atoms. The number of aryl methyl sites for hydroxylation is 1. The Bertz CT molecular complexity index is 1630. The monoisotopic (exact) mass is 758 g/mol. The molecule has 3 aliphatic rings. The number of hydrogen-bond acceptors (Lipinski definition) is 3. The molecule has 0 amide bonds. The minimum absolute atomic E-state index is 0. The Balaban J connectivity index is 0.000000170. The van der Waals surface area contributed by atoms with E-state index in [0.29, 0.717) is 5.82 Å². The fourth-order valence-corrected chi connectivity index (χ4v) is 8.14. The molecule has 3 aromatic carbocycles. The summed E-state index contributed by atoms with van der Waals surface area (Å²) in [6.07, 6.45) is 9.77. The summed E-state index contributed by atoms with van der Waals surface area (Å²) in [5, 5.41) is 1.56. The quantitative estimate of drug-likeness (QED) is 0.129. The summed E-state index contributed by atoms with van der Waals surface area (Å²) < 4.78 is 0. The van der Waals surface area contributed by atoms with Gasteiger partial charge < -0.3 is 4.98 Å². The third-order valence-electron chi connectivity index (χ3n) is 8.81. The molecule has 3 saturated carbocycles. The minimum atomic E-state index is -1.35. The van der Waals surface area contributed by atoms with Gasteiger partial charge in [-0.3, -0.25) is 9.97 Å². The van der Waals surface area contributed by atoms with Crippen molar-refractivity contribution in [2.24, 2.45) is 17.8 Å². The summed E-state index contributed by atoms with van der Waals surface area (Å²) in [5.41, 5.74) is 7.86. The summed E-state index contributed by atoms with van der Waals surface area (Å²) in [7, 11) is -1.35. The molecule has 8 rings (SSSR count). The molecule has 43 heavy (non-hydrogen) atoms. The predicted molar refractivity (Wildman–Crippen MR) is 176 cm³/mol. The maximum absolute atomic E-state index is 4.78. The Morgan fingerprint density at radius 3 is 2.07 bits per heavy atom. The average Bonchev–Trinajstić information content (AvgIpc) is 3.58. The molecule has 3 aliphatic carbocycles. The van der Waals surface area contributed by atoms with E-state index in [2.05, 4.69) is 78.3 Å². The molecule has 0 spiro atoms. The molecule has 2 aromatic heterocycles. The van der Waals surface area contributed by atoms with Gasteiger partial charge in [0, 0.05) is 32.5 Å². The van der Waals surface area contributed by atoms with Crippen LogP contribution in [-0.2, 0) is 26.5 Å². The van der Waals surface area contributed by atoms with Crippen molar-refractivity contribution >= 4 is 13.3 Å². The molecule has 1 radical (unpaired) electrons. The van der Waals surface area contributed by atoms with Gasteiger partial charge in [0.05, 0.1) is 19.6 Å². The van der Waals surface area contributed by atoms with Crippen LogP contribution in [0.1, 0.15) is 30.4 Å². The van der Waals surface area contributed by atoms with Gasteiger partial charge >= 0.3 is 0 Å². The number of aromatic nitrogens is 3. The fourth-order valence-electron chi connectivity index (χ4n) is 6.55. The van der Waals surface area contributed by atoms with Crippen LogP contribution in [0.3, 0.4) is 0 Å². The molecule has 0 N–H and O–H groups in total. The van der Waals surface area contributed by atoms with Gasteiger partial charge in [0.1, 0.15) is 0 Å². The number of pyridine rings is 1. The predicted octanol–water partition coefficient (Wildman–Crippen LogP) is 8.60. The van der Waals surface area contributed by atoms with Crippen LogP contribution in [0.4, 0.5) is 0 Å². The van der Waals surface area contributed by atoms with E-state index < -0.39 is 8.07 Å². The first-order valence-electron chi connectivity index (χ1n) is 15.2. The minimum Gasteiger partial charge on any atom is -0.305 e. The van der Waals surface area contributed by atoms with E-state index in [1.165, 1.54) is 25.7 Å². The van der Waals surface area contributed by atoms with Gasteiger partial charge in [0.2, 0.25) is 0 Å². The molecule has 1 atom stereocenters. The van der Waals surface area contributed by atoms with Crippen molar-refractivity contribution in [3.8, 4) is 33.9 Å². The summed E-state index contributed by atoms with van der Waals surface area (Å²) in [5.74, 6) is 3.69. The molecular formula is C38H39IrN3Si-2. The standard InChI is InChI=1S/C21H26NSi.C17H13N2.Ir/c1-23(2,3)21-14-22-20(16-7-5-4-6-8-16)13-19(21)12-18-11-15-9-17(18)10-15;1-13-12-18-17(15-10-6-3-7-11-15)19-16(13)14-8-4-2-5-9-14;/h4-7,13-15,17-18H,9-12H2,1-3H3;2-10,12H,1H3;/q2*-1;. The summed E-state index contributed by atoms with van der Waals surface area (Å²) in [6, 6.07) is 35.0. The number of fused-ring (bicyclic) bond motifs is 1. The van der Waals surface area contributed by atoms with Crippen LogP contribution in [0, 0.1) is 36.8 Å². The summed E-state index contributed by atoms with van der Waals surface area (Å²) in [4.78, 5) is 13.8. The summed E-state index contributed by atoms with van der Waals surface area (Å²) in [6.45, 7) is 9.35. The Kier molecular flexibility index (Phi) is 9.86. The van der Waals surface area contributed by atoms with Crippen molar-refractivity contribution in [1.29, 1.82) is 0 Å². The van der Waals surface area contributed by atoms with E-state index >= 15 is 0 Å². The van der Waals surface area contributed by atoms with Gasteiger partial charge in [-0.15, -0.1) is 71.8 Å². The van der Waals surface area contributed by atoms with Crippen molar-refractivity contribution in [1.82, 2.24) is 15.0 Å². The van der Waals surface area contributed by atoms with E-state index in [4.69, 9.17) is 4.98 Å². The maximum Gasteiger partial charge on any atom is 0.0798 e. The SMILES string of the molecule is C[Si](C)(C)c1cnc(-c2[c-]cccc2)cc1CC1CC2CC1C2.Cc1cnc(-c2[c-]cccc2)nc1-c1ccccc1.[Ir]. The second-order valence-electron chi connectivity index (χ2n) is 12.9. The molecule has 0 saturated heterocycles. The Labute approximate surface area is 271 Å². The third-order valence-corrected chi connectivity index (χ3v) is 10.9. The number of rotatable bonds is 6.